The van der Waals surface area contributed by atoms with Crippen LogP contribution in [0.5, 0.6) is 0 Å². The molecule has 1 aromatic carbocycles. The Morgan fingerprint density at radius 3 is 2.56 bits per heavy atom. The van der Waals surface area contributed by atoms with E-state index in [4.69, 9.17) is 14.7 Å². The Morgan fingerprint density at radius 1 is 1.30 bits per heavy atom. The summed E-state index contributed by atoms with van der Waals surface area (Å²) in [6.45, 7) is 7.88. The van der Waals surface area contributed by atoms with Crippen LogP contribution in [0.2, 0.25) is 0 Å². The van der Waals surface area contributed by atoms with Gasteiger partial charge in [-0.15, -0.1) is 0 Å². The van der Waals surface area contributed by atoms with Crippen LogP contribution >= 0.6 is 0 Å². The van der Waals surface area contributed by atoms with Gasteiger partial charge in [-0.3, -0.25) is 10.1 Å². The first-order valence-corrected chi connectivity index (χ1v) is 9.76. The lowest BCUT2D eigenvalue weighted by Crippen LogP contribution is -2.41. The Morgan fingerprint density at radius 2 is 2.00 bits per heavy atom. The predicted molar refractivity (Wildman–Crippen MR) is 103 cm³/mol. The third kappa shape index (κ3) is 5.75. The number of nitro groups is 1. The summed E-state index contributed by atoms with van der Waals surface area (Å²) >= 11 is 0. The quantitative estimate of drug-likeness (QED) is 0.529. The SMILES string of the molecule is CCCC[C@@]1(C)CCCC2(C1)OCCO2.Cc1cc(C#N)ccc1[N+](=O)[O-]. The molecule has 3 rings (SSSR count). The number of ether oxygens (including phenoxy) is 2. The second-order valence-corrected chi connectivity index (χ2v) is 7.92. The van der Waals surface area contributed by atoms with Crippen molar-refractivity contribution in [3.05, 3.63) is 39.4 Å². The summed E-state index contributed by atoms with van der Waals surface area (Å²) < 4.78 is 11.7. The zero-order valence-electron chi connectivity index (χ0n) is 16.6. The standard InChI is InChI=1S/C13H24O2.C8H6N2O2/c1-3-4-6-12(2)7-5-8-13(11-12)14-9-10-15-13;1-6-4-7(5-9)2-3-8(6)10(11)12/h3-11H2,1-2H3;2-4H,1H3/t12-;/m0./s1. The Bertz CT molecular complexity index is 692. The van der Waals surface area contributed by atoms with Crippen LogP contribution < -0.4 is 0 Å². The summed E-state index contributed by atoms with van der Waals surface area (Å²) in [6.07, 6.45) is 8.80. The van der Waals surface area contributed by atoms with Gasteiger partial charge in [0, 0.05) is 24.5 Å². The molecule has 0 aromatic heterocycles. The second kappa shape index (κ2) is 9.29. The van der Waals surface area contributed by atoms with Gasteiger partial charge in [0.25, 0.3) is 5.69 Å². The van der Waals surface area contributed by atoms with Gasteiger partial charge in [0.2, 0.25) is 0 Å². The van der Waals surface area contributed by atoms with Gasteiger partial charge in [-0.25, -0.2) is 0 Å². The number of benzene rings is 1. The molecule has 1 saturated heterocycles. The van der Waals surface area contributed by atoms with Crippen LogP contribution in [-0.4, -0.2) is 23.9 Å². The summed E-state index contributed by atoms with van der Waals surface area (Å²) in [5, 5.41) is 18.8. The molecule has 1 heterocycles. The second-order valence-electron chi connectivity index (χ2n) is 7.92. The first-order valence-electron chi connectivity index (χ1n) is 9.76. The van der Waals surface area contributed by atoms with Gasteiger partial charge in [-0.2, -0.15) is 5.26 Å². The highest BCUT2D eigenvalue weighted by Crippen LogP contribution is 2.47. The van der Waals surface area contributed by atoms with E-state index in [2.05, 4.69) is 13.8 Å². The van der Waals surface area contributed by atoms with E-state index < -0.39 is 4.92 Å². The highest BCUT2D eigenvalue weighted by molar-refractivity contribution is 5.45. The van der Waals surface area contributed by atoms with E-state index in [1.165, 1.54) is 50.3 Å². The molecule has 1 spiro atoms. The van der Waals surface area contributed by atoms with Crippen molar-refractivity contribution < 1.29 is 14.4 Å². The number of nitro benzene ring substituents is 1. The molecule has 0 radical (unpaired) electrons. The third-order valence-electron chi connectivity index (χ3n) is 5.50. The molecule has 0 unspecified atom stereocenters. The van der Waals surface area contributed by atoms with Gasteiger partial charge >= 0.3 is 0 Å². The molecule has 148 valence electrons. The number of rotatable bonds is 4. The van der Waals surface area contributed by atoms with E-state index in [-0.39, 0.29) is 11.5 Å². The number of nitrogens with zero attached hydrogens (tertiary/aromatic N) is 2. The summed E-state index contributed by atoms with van der Waals surface area (Å²) in [4.78, 5) is 9.88. The molecule has 1 aromatic rings. The van der Waals surface area contributed by atoms with Gasteiger partial charge in [-0.05, 0) is 43.7 Å². The van der Waals surface area contributed by atoms with Crippen LogP contribution in [-0.2, 0) is 9.47 Å². The van der Waals surface area contributed by atoms with Crippen LogP contribution in [0, 0.1) is 33.8 Å². The molecule has 1 saturated carbocycles. The summed E-state index contributed by atoms with van der Waals surface area (Å²) in [5.74, 6) is -0.194. The average Bonchev–Trinajstić information content (AvgIpc) is 3.07. The molecule has 1 aliphatic heterocycles. The lowest BCUT2D eigenvalue weighted by Gasteiger charge is -2.43. The van der Waals surface area contributed by atoms with E-state index in [0.29, 0.717) is 16.5 Å². The van der Waals surface area contributed by atoms with Crippen molar-refractivity contribution >= 4 is 5.69 Å². The maximum atomic E-state index is 10.3. The summed E-state index contributed by atoms with van der Waals surface area (Å²) in [5.41, 5.74) is 1.46. The highest BCUT2D eigenvalue weighted by atomic mass is 16.7. The number of aryl methyl sites for hydroxylation is 1. The molecule has 6 nitrogen and oxygen atoms in total. The van der Waals surface area contributed by atoms with E-state index >= 15 is 0 Å². The number of unbranched alkanes of at least 4 members (excludes halogenated alkanes) is 1. The predicted octanol–water partition coefficient (Wildman–Crippen LogP) is 5.27. The van der Waals surface area contributed by atoms with Crippen LogP contribution in [0.25, 0.3) is 0 Å². The van der Waals surface area contributed by atoms with Crippen molar-refractivity contribution in [2.75, 3.05) is 13.2 Å². The lowest BCUT2D eigenvalue weighted by molar-refractivity contribution is -0.385. The molecule has 6 heteroatoms. The summed E-state index contributed by atoms with van der Waals surface area (Å²) in [6, 6.07) is 6.19. The van der Waals surface area contributed by atoms with Gasteiger partial charge in [-0.1, -0.05) is 26.7 Å². The Balaban J connectivity index is 0.000000199. The fraction of sp³-hybridized carbons (Fsp3) is 0.667. The minimum absolute atomic E-state index is 0.0500. The van der Waals surface area contributed by atoms with Gasteiger partial charge in [0.15, 0.2) is 5.79 Å². The fourth-order valence-electron chi connectivity index (χ4n) is 4.10. The van der Waals surface area contributed by atoms with Crippen molar-refractivity contribution in [1.29, 1.82) is 5.26 Å². The third-order valence-corrected chi connectivity index (χ3v) is 5.50. The molecule has 0 N–H and O–H groups in total. The molecule has 1 atom stereocenters. The van der Waals surface area contributed by atoms with Crippen LogP contribution in [0.4, 0.5) is 5.69 Å². The van der Waals surface area contributed by atoms with Crippen molar-refractivity contribution in [3.8, 4) is 6.07 Å². The first-order chi connectivity index (χ1) is 12.8. The van der Waals surface area contributed by atoms with E-state index in [0.717, 1.165) is 26.1 Å². The zero-order valence-corrected chi connectivity index (χ0v) is 16.6. The maximum Gasteiger partial charge on any atom is 0.272 e. The Labute approximate surface area is 161 Å². The van der Waals surface area contributed by atoms with Crippen molar-refractivity contribution in [1.82, 2.24) is 0 Å². The number of nitriles is 1. The number of hydrogen-bond donors (Lipinski definition) is 0. The lowest BCUT2D eigenvalue weighted by atomic mass is 9.70. The molecule has 0 amide bonds. The smallest absolute Gasteiger partial charge is 0.272 e. The van der Waals surface area contributed by atoms with Crippen molar-refractivity contribution in [2.45, 2.75) is 71.5 Å². The minimum Gasteiger partial charge on any atom is -0.348 e. The highest BCUT2D eigenvalue weighted by Gasteiger charge is 2.45. The molecule has 0 bridgehead atoms. The van der Waals surface area contributed by atoms with E-state index in [1.807, 2.05) is 6.07 Å². The fourth-order valence-corrected chi connectivity index (χ4v) is 4.10. The van der Waals surface area contributed by atoms with Crippen molar-refractivity contribution in [3.63, 3.8) is 0 Å². The van der Waals surface area contributed by atoms with Crippen molar-refractivity contribution in [2.24, 2.45) is 5.41 Å². The minimum atomic E-state index is -0.462. The zero-order chi connectivity index (χ0) is 19.9. The number of hydrogen-bond acceptors (Lipinski definition) is 5. The Hall–Kier alpha value is -1.97. The molecule has 2 aliphatic rings. The van der Waals surface area contributed by atoms with Gasteiger partial charge in [0.1, 0.15) is 0 Å². The molecule has 27 heavy (non-hydrogen) atoms. The molecule has 1 aliphatic carbocycles. The van der Waals surface area contributed by atoms with Crippen LogP contribution in [0.15, 0.2) is 18.2 Å². The van der Waals surface area contributed by atoms with Gasteiger partial charge < -0.3 is 9.47 Å². The molecular formula is C21H30N2O4. The average molecular weight is 374 g/mol. The molecule has 2 fully saturated rings. The van der Waals surface area contributed by atoms with E-state index in [1.54, 1.807) is 6.92 Å². The summed E-state index contributed by atoms with van der Waals surface area (Å²) in [7, 11) is 0. The normalized spacial score (nSPS) is 23.3. The maximum absolute atomic E-state index is 10.3. The Kier molecular flexibility index (Phi) is 7.34. The van der Waals surface area contributed by atoms with E-state index in [9.17, 15) is 10.1 Å². The largest absolute Gasteiger partial charge is 0.348 e. The van der Waals surface area contributed by atoms with Crippen LogP contribution in [0.1, 0.15) is 69.9 Å². The van der Waals surface area contributed by atoms with Gasteiger partial charge in [0.05, 0.1) is 29.8 Å². The first kappa shape index (κ1) is 21.3. The van der Waals surface area contributed by atoms with Crippen LogP contribution in [0.3, 0.4) is 0 Å². The molecular weight excluding hydrogens is 344 g/mol. The topological polar surface area (TPSA) is 85.4 Å². The monoisotopic (exact) mass is 374 g/mol.